The van der Waals surface area contributed by atoms with Gasteiger partial charge in [-0.2, -0.15) is 0 Å². The maximum absolute atomic E-state index is 11.6. The minimum Gasteiger partial charge on any atom is -0.481 e. The van der Waals surface area contributed by atoms with E-state index in [1.54, 1.807) is 11.6 Å². The van der Waals surface area contributed by atoms with Crippen molar-refractivity contribution < 1.29 is 14.7 Å². The minimum absolute atomic E-state index is 0.111. The highest BCUT2D eigenvalue weighted by atomic mass is 16.4. The van der Waals surface area contributed by atoms with Crippen molar-refractivity contribution in [3.8, 4) is 0 Å². The molecule has 2 aromatic rings. The Balaban J connectivity index is 2.80. The highest BCUT2D eigenvalue weighted by molar-refractivity contribution is 6.03. The van der Waals surface area contributed by atoms with Crippen LogP contribution in [0.5, 0.6) is 0 Å². The Hall–Kier alpha value is -2.10. The van der Waals surface area contributed by atoms with Gasteiger partial charge in [0.05, 0.1) is 12.1 Å². The van der Waals surface area contributed by atoms with Crippen molar-refractivity contribution in [2.24, 2.45) is 7.05 Å². The summed E-state index contributed by atoms with van der Waals surface area (Å²) in [5.74, 6) is -1.04. The standard InChI is InChI=1S/C13H13NO3/c1-8(15)13-10(7-12(16)17)9-5-3-4-6-11(9)14(13)2/h3-6H,7H2,1-2H3,(H,16,17). The fraction of sp³-hybridized carbons (Fsp3) is 0.231. The Kier molecular flexibility index (Phi) is 2.71. The first kappa shape index (κ1) is 11.4. The normalized spacial score (nSPS) is 10.7. The Labute approximate surface area is 98.5 Å². The highest BCUT2D eigenvalue weighted by Gasteiger charge is 2.19. The summed E-state index contributed by atoms with van der Waals surface area (Å²) in [5.41, 5.74) is 1.96. The fourth-order valence-electron chi connectivity index (χ4n) is 2.25. The van der Waals surface area contributed by atoms with Crippen LogP contribution in [-0.4, -0.2) is 21.4 Å². The van der Waals surface area contributed by atoms with Crippen LogP contribution in [0.2, 0.25) is 0 Å². The van der Waals surface area contributed by atoms with Crippen LogP contribution < -0.4 is 0 Å². The molecule has 0 atom stereocenters. The number of para-hydroxylation sites is 1. The van der Waals surface area contributed by atoms with Gasteiger partial charge in [0.15, 0.2) is 5.78 Å². The monoisotopic (exact) mass is 231 g/mol. The third-order valence-corrected chi connectivity index (χ3v) is 2.87. The third kappa shape index (κ3) is 1.82. The molecule has 1 aromatic heterocycles. The molecule has 88 valence electrons. The maximum atomic E-state index is 11.6. The number of aliphatic carboxylic acids is 1. The zero-order valence-electron chi connectivity index (χ0n) is 9.73. The van der Waals surface area contributed by atoms with E-state index in [0.717, 1.165) is 10.9 Å². The number of Topliss-reactive ketones (excluding diaryl/α,β-unsaturated/α-hetero) is 1. The van der Waals surface area contributed by atoms with Gasteiger partial charge in [0.1, 0.15) is 0 Å². The highest BCUT2D eigenvalue weighted by Crippen LogP contribution is 2.26. The van der Waals surface area contributed by atoms with Crippen molar-refractivity contribution in [3.63, 3.8) is 0 Å². The van der Waals surface area contributed by atoms with Crippen LogP contribution in [0, 0.1) is 0 Å². The number of fused-ring (bicyclic) bond motifs is 1. The van der Waals surface area contributed by atoms with Gasteiger partial charge < -0.3 is 9.67 Å². The van der Waals surface area contributed by atoms with Crippen molar-refractivity contribution in [3.05, 3.63) is 35.5 Å². The average Bonchev–Trinajstić information content (AvgIpc) is 2.52. The number of nitrogens with zero attached hydrogens (tertiary/aromatic N) is 1. The van der Waals surface area contributed by atoms with Crippen LogP contribution in [0.25, 0.3) is 10.9 Å². The molecule has 1 aromatic carbocycles. The first-order chi connectivity index (χ1) is 8.02. The van der Waals surface area contributed by atoms with Crippen LogP contribution in [0.4, 0.5) is 0 Å². The Bertz CT molecular complexity index is 610. The second kappa shape index (κ2) is 4.05. The van der Waals surface area contributed by atoms with Crippen molar-refractivity contribution in [2.45, 2.75) is 13.3 Å². The number of carbonyl (C=O) groups is 2. The number of carboxylic acid groups (broad SMARTS) is 1. The summed E-state index contributed by atoms with van der Waals surface area (Å²) < 4.78 is 1.76. The largest absolute Gasteiger partial charge is 0.481 e. The van der Waals surface area contributed by atoms with Gasteiger partial charge in [0, 0.05) is 24.9 Å². The molecular formula is C13H13NO3. The second-order valence-electron chi connectivity index (χ2n) is 4.03. The number of ketones is 1. The topological polar surface area (TPSA) is 59.3 Å². The molecule has 0 saturated carbocycles. The van der Waals surface area contributed by atoms with Gasteiger partial charge in [0.25, 0.3) is 0 Å². The molecular weight excluding hydrogens is 218 g/mol. The predicted octanol–water partition coefficient (Wildman–Crippen LogP) is 2.01. The Morgan fingerprint density at radius 3 is 2.53 bits per heavy atom. The molecule has 0 bridgehead atoms. The number of hydrogen-bond donors (Lipinski definition) is 1. The van der Waals surface area contributed by atoms with E-state index in [1.807, 2.05) is 24.3 Å². The van der Waals surface area contributed by atoms with Gasteiger partial charge in [-0.25, -0.2) is 0 Å². The predicted molar refractivity (Wildman–Crippen MR) is 64.3 cm³/mol. The van der Waals surface area contributed by atoms with Crippen LogP contribution >= 0.6 is 0 Å². The first-order valence-corrected chi connectivity index (χ1v) is 5.31. The zero-order valence-corrected chi connectivity index (χ0v) is 9.73. The van der Waals surface area contributed by atoms with Crippen LogP contribution in [-0.2, 0) is 18.3 Å². The van der Waals surface area contributed by atoms with E-state index in [-0.39, 0.29) is 12.2 Å². The number of carboxylic acids is 1. The molecule has 1 N–H and O–H groups in total. The lowest BCUT2D eigenvalue weighted by molar-refractivity contribution is -0.136. The summed E-state index contributed by atoms with van der Waals surface area (Å²) in [6.07, 6.45) is -0.129. The number of aryl methyl sites for hydroxylation is 1. The average molecular weight is 231 g/mol. The molecule has 17 heavy (non-hydrogen) atoms. The molecule has 0 amide bonds. The first-order valence-electron chi connectivity index (χ1n) is 5.31. The van der Waals surface area contributed by atoms with Crippen LogP contribution in [0.1, 0.15) is 23.0 Å². The molecule has 0 unspecified atom stereocenters. The van der Waals surface area contributed by atoms with Gasteiger partial charge in [-0.1, -0.05) is 18.2 Å². The van der Waals surface area contributed by atoms with Crippen molar-refractivity contribution >= 4 is 22.7 Å². The number of carbonyl (C=O) groups excluding carboxylic acids is 1. The molecule has 1 heterocycles. The summed E-state index contributed by atoms with van der Waals surface area (Å²) >= 11 is 0. The molecule has 4 heteroatoms. The Morgan fingerprint density at radius 2 is 1.94 bits per heavy atom. The SMILES string of the molecule is CC(=O)c1c(CC(=O)O)c2ccccc2n1C. The smallest absolute Gasteiger partial charge is 0.307 e. The fourth-order valence-corrected chi connectivity index (χ4v) is 2.25. The molecule has 0 aliphatic rings. The minimum atomic E-state index is -0.927. The molecule has 2 rings (SSSR count). The van der Waals surface area contributed by atoms with E-state index in [4.69, 9.17) is 5.11 Å². The van der Waals surface area contributed by atoms with E-state index in [2.05, 4.69) is 0 Å². The zero-order chi connectivity index (χ0) is 12.6. The van der Waals surface area contributed by atoms with E-state index < -0.39 is 5.97 Å². The van der Waals surface area contributed by atoms with Crippen molar-refractivity contribution in [2.75, 3.05) is 0 Å². The van der Waals surface area contributed by atoms with Gasteiger partial charge in [-0.05, 0) is 11.6 Å². The quantitative estimate of drug-likeness (QED) is 0.822. The number of rotatable bonds is 3. The molecule has 0 aliphatic carbocycles. The van der Waals surface area contributed by atoms with Gasteiger partial charge in [0.2, 0.25) is 0 Å². The van der Waals surface area contributed by atoms with E-state index in [0.29, 0.717) is 11.3 Å². The molecule has 4 nitrogen and oxygen atoms in total. The van der Waals surface area contributed by atoms with Gasteiger partial charge in [-0.3, -0.25) is 9.59 Å². The van der Waals surface area contributed by atoms with Crippen molar-refractivity contribution in [1.29, 1.82) is 0 Å². The summed E-state index contributed by atoms with van der Waals surface area (Å²) in [4.78, 5) is 22.5. The number of benzene rings is 1. The summed E-state index contributed by atoms with van der Waals surface area (Å²) in [5, 5.41) is 9.76. The number of hydrogen-bond acceptors (Lipinski definition) is 2. The summed E-state index contributed by atoms with van der Waals surface area (Å²) in [6.45, 7) is 1.46. The Morgan fingerprint density at radius 1 is 1.29 bits per heavy atom. The lowest BCUT2D eigenvalue weighted by atomic mass is 10.1. The summed E-state index contributed by atoms with van der Waals surface area (Å²) in [7, 11) is 1.78. The summed E-state index contributed by atoms with van der Waals surface area (Å²) in [6, 6.07) is 7.45. The van der Waals surface area contributed by atoms with Gasteiger partial charge >= 0.3 is 5.97 Å². The molecule has 0 aliphatic heterocycles. The van der Waals surface area contributed by atoms with E-state index >= 15 is 0 Å². The van der Waals surface area contributed by atoms with Crippen LogP contribution in [0.15, 0.2) is 24.3 Å². The van der Waals surface area contributed by atoms with Crippen LogP contribution in [0.3, 0.4) is 0 Å². The lowest BCUT2D eigenvalue weighted by Gasteiger charge is -2.01. The molecule has 0 spiro atoms. The van der Waals surface area contributed by atoms with Crippen molar-refractivity contribution in [1.82, 2.24) is 4.57 Å². The number of aromatic nitrogens is 1. The molecule has 0 radical (unpaired) electrons. The van der Waals surface area contributed by atoms with Gasteiger partial charge in [-0.15, -0.1) is 0 Å². The van der Waals surface area contributed by atoms with E-state index in [9.17, 15) is 9.59 Å². The lowest BCUT2D eigenvalue weighted by Crippen LogP contribution is -2.08. The molecule has 0 fully saturated rings. The molecule has 0 saturated heterocycles. The maximum Gasteiger partial charge on any atom is 0.307 e. The third-order valence-electron chi connectivity index (χ3n) is 2.87. The second-order valence-corrected chi connectivity index (χ2v) is 4.03. The van der Waals surface area contributed by atoms with E-state index in [1.165, 1.54) is 6.92 Å².